The Balaban J connectivity index is 1.56. The summed E-state index contributed by atoms with van der Waals surface area (Å²) < 4.78 is 11.2. The minimum absolute atomic E-state index is 0.0110. The van der Waals surface area contributed by atoms with E-state index in [1.54, 1.807) is 42.5 Å². The van der Waals surface area contributed by atoms with Crippen molar-refractivity contribution in [2.24, 2.45) is 5.92 Å². The lowest BCUT2D eigenvalue weighted by atomic mass is 10.1. The Labute approximate surface area is 181 Å². The molecule has 0 bridgehead atoms. The first-order valence-corrected chi connectivity index (χ1v) is 9.91. The van der Waals surface area contributed by atoms with Crippen LogP contribution in [-0.4, -0.2) is 38.0 Å². The van der Waals surface area contributed by atoms with E-state index in [2.05, 4.69) is 21.2 Å². The molecule has 9 heteroatoms. The van der Waals surface area contributed by atoms with E-state index in [1.807, 2.05) is 0 Å². The fraction of sp³-hybridized carbons (Fsp3) is 0.250. The molecule has 3 rings (SSSR count). The SMILES string of the molecule is COc1ccccc1N1C[C@H](C(=O)OCC(=O)Nc2ccc(Br)cc2Cl)CC1=O. The number of nitrogens with one attached hydrogen (secondary N) is 1. The quantitative estimate of drug-likeness (QED) is 0.637. The van der Waals surface area contributed by atoms with Gasteiger partial charge in [-0.05, 0) is 30.3 Å². The first kappa shape index (κ1) is 21.1. The van der Waals surface area contributed by atoms with Crippen molar-refractivity contribution in [2.45, 2.75) is 6.42 Å². The molecule has 1 saturated heterocycles. The van der Waals surface area contributed by atoms with Gasteiger partial charge in [0.05, 0.1) is 29.4 Å². The smallest absolute Gasteiger partial charge is 0.311 e. The van der Waals surface area contributed by atoms with Gasteiger partial charge in [0.2, 0.25) is 5.91 Å². The van der Waals surface area contributed by atoms with Crippen LogP contribution in [0.4, 0.5) is 11.4 Å². The zero-order valence-corrected chi connectivity index (χ0v) is 17.8. The van der Waals surface area contributed by atoms with Crippen molar-refractivity contribution in [3.63, 3.8) is 0 Å². The van der Waals surface area contributed by atoms with E-state index in [9.17, 15) is 14.4 Å². The summed E-state index contributed by atoms with van der Waals surface area (Å²) in [5, 5.41) is 2.93. The van der Waals surface area contributed by atoms with Crippen LogP contribution in [0.3, 0.4) is 0 Å². The number of carbonyl (C=O) groups is 3. The van der Waals surface area contributed by atoms with Crippen LogP contribution in [0.15, 0.2) is 46.9 Å². The third kappa shape index (κ3) is 5.07. The van der Waals surface area contributed by atoms with E-state index in [1.165, 1.54) is 12.0 Å². The number of amides is 2. The molecule has 2 aromatic rings. The molecule has 1 heterocycles. The maximum Gasteiger partial charge on any atom is 0.311 e. The van der Waals surface area contributed by atoms with Crippen molar-refractivity contribution >= 4 is 56.7 Å². The van der Waals surface area contributed by atoms with Crippen molar-refractivity contribution < 1.29 is 23.9 Å². The molecule has 0 saturated carbocycles. The normalized spacial score (nSPS) is 15.9. The summed E-state index contributed by atoms with van der Waals surface area (Å²) in [5.74, 6) is -1.44. The highest BCUT2D eigenvalue weighted by Crippen LogP contribution is 2.33. The van der Waals surface area contributed by atoms with E-state index in [0.29, 0.717) is 22.1 Å². The number of hydrogen-bond acceptors (Lipinski definition) is 5. The van der Waals surface area contributed by atoms with E-state index >= 15 is 0 Å². The Kier molecular flexibility index (Phi) is 6.76. The predicted octanol–water partition coefficient (Wildman–Crippen LogP) is 3.65. The molecule has 7 nitrogen and oxygen atoms in total. The number of methoxy groups -OCH3 is 1. The average Bonchev–Trinajstić information content (AvgIpc) is 3.09. The van der Waals surface area contributed by atoms with Gasteiger partial charge in [0.25, 0.3) is 5.91 Å². The molecule has 2 amide bonds. The van der Waals surface area contributed by atoms with Crippen molar-refractivity contribution in [1.82, 2.24) is 0 Å². The van der Waals surface area contributed by atoms with Gasteiger partial charge in [-0.25, -0.2) is 0 Å². The second-order valence-electron chi connectivity index (χ2n) is 6.36. The van der Waals surface area contributed by atoms with Crippen molar-refractivity contribution in [2.75, 3.05) is 30.5 Å². The van der Waals surface area contributed by atoms with Crippen LogP contribution in [0.2, 0.25) is 5.02 Å². The maximum atomic E-state index is 12.4. The monoisotopic (exact) mass is 480 g/mol. The number of halogens is 2. The van der Waals surface area contributed by atoms with Crippen LogP contribution in [0, 0.1) is 5.92 Å². The van der Waals surface area contributed by atoms with Gasteiger partial charge in [-0.3, -0.25) is 14.4 Å². The van der Waals surface area contributed by atoms with Gasteiger partial charge < -0.3 is 19.7 Å². The number of ether oxygens (including phenoxy) is 2. The van der Waals surface area contributed by atoms with Gasteiger partial charge in [-0.2, -0.15) is 0 Å². The molecule has 29 heavy (non-hydrogen) atoms. The third-order valence-corrected chi connectivity index (χ3v) is 5.19. The molecule has 1 fully saturated rings. The summed E-state index contributed by atoms with van der Waals surface area (Å²) in [7, 11) is 1.52. The van der Waals surface area contributed by atoms with Gasteiger partial charge in [0, 0.05) is 17.4 Å². The Hall–Kier alpha value is -2.58. The topological polar surface area (TPSA) is 84.9 Å². The third-order valence-electron chi connectivity index (χ3n) is 4.39. The first-order chi connectivity index (χ1) is 13.9. The fourth-order valence-electron chi connectivity index (χ4n) is 2.98. The van der Waals surface area contributed by atoms with Gasteiger partial charge in [0.1, 0.15) is 5.75 Å². The highest BCUT2D eigenvalue weighted by atomic mass is 79.9. The largest absolute Gasteiger partial charge is 0.495 e. The number of anilines is 2. The molecule has 2 aromatic carbocycles. The van der Waals surface area contributed by atoms with E-state index in [4.69, 9.17) is 21.1 Å². The highest BCUT2D eigenvalue weighted by molar-refractivity contribution is 9.10. The number of carbonyl (C=O) groups excluding carboxylic acids is 3. The highest BCUT2D eigenvalue weighted by Gasteiger charge is 2.37. The van der Waals surface area contributed by atoms with E-state index in [-0.39, 0.29) is 18.9 Å². The second kappa shape index (κ2) is 9.28. The minimum atomic E-state index is -0.656. The summed E-state index contributed by atoms with van der Waals surface area (Å²) in [6, 6.07) is 12.1. The molecule has 1 aliphatic heterocycles. The predicted molar refractivity (Wildman–Crippen MR) is 112 cm³/mol. The van der Waals surface area contributed by atoms with Gasteiger partial charge in [0.15, 0.2) is 6.61 Å². The standard InChI is InChI=1S/C20H18BrClN2O5/c1-28-17-5-3-2-4-16(17)24-10-12(8-19(24)26)20(27)29-11-18(25)23-15-7-6-13(21)9-14(15)22/h2-7,9,12H,8,10-11H2,1H3,(H,23,25)/t12-/m1/s1. The Morgan fingerprint density at radius 2 is 2.03 bits per heavy atom. The zero-order valence-electron chi connectivity index (χ0n) is 15.5. The average molecular weight is 482 g/mol. The lowest BCUT2D eigenvalue weighted by Crippen LogP contribution is -2.28. The number of rotatable bonds is 6. The van der Waals surface area contributed by atoms with Gasteiger partial charge in [-0.15, -0.1) is 0 Å². The Bertz CT molecular complexity index is 952. The van der Waals surface area contributed by atoms with Crippen molar-refractivity contribution in [3.8, 4) is 5.75 Å². The fourth-order valence-corrected chi connectivity index (χ4v) is 3.70. The second-order valence-corrected chi connectivity index (χ2v) is 7.68. The van der Waals surface area contributed by atoms with Crippen LogP contribution in [0.5, 0.6) is 5.75 Å². The molecule has 152 valence electrons. The number of nitrogens with zero attached hydrogens (tertiary/aromatic N) is 1. The number of benzene rings is 2. The molecular weight excluding hydrogens is 464 g/mol. The van der Waals surface area contributed by atoms with E-state index in [0.717, 1.165) is 4.47 Å². The molecule has 0 aromatic heterocycles. The van der Waals surface area contributed by atoms with Gasteiger partial charge >= 0.3 is 5.97 Å². The summed E-state index contributed by atoms with van der Waals surface area (Å²) in [6.07, 6.45) is 0.0110. The molecule has 0 unspecified atom stereocenters. The van der Waals surface area contributed by atoms with Crippen LogP contribution < -0.4 is 15.0 Å². The maximum absolute atomic E-state index is 12.4. The van der Waals surface area contributed by atoms with Crippen LogP contribution >= 0.6 is 27.5 Å². The number of hydrogen-bond donors (Lipinski definition) is 1. The number of esters is 1. The molecule has 1 aliphatic rings. The lowest BCUT2D eigenvalue weighted by molar-refractivity contribution is -0.151. The van der Waals surface area contributed by atoms with Crippen LogP contribution in [0.25, 0.3) is 0 Å². The van der Waals surface area contributed by atoms with E-state index < -0.39 is 24.4 Å². The molecule has 1 atom stereocenters. The van der Waals surface area contributed by atoms with Crippen molar-refractivity contribution in [1.29, 1.82) is 0 Å². The summed E-state index contributed by atoms with van der Waals surface area (Å²) in [4.78, 5) is 38.3. The van der Waals surface area contributed by atoms with Gasteiger partial charge in [-0.1, -0.05) is 39.7 Å². The summed E-state index contributed by atoms with van der Waals surface area (Å²) in [5.41, 5.74) is 1.01. The Morgan fingerprint density at radius 3 is 2.76 bits per heavy atom. The first-order valence-electron chi connectivity index (χ1n) is 8.74. The molecular formula is C20H18BrClN2O5. The summed E-state index contributed by atoms with van der Waals surface area (Å²) >= 11 is 9.33. The zero-order chi connectivity index (χ0) is 21.0. The molecule has 0 spiro atoms. The van der Waals surface area contributed by atoms with Crippen LogP contribution in [0.1, 0.15) is 6.42 Å². The lowest BCUT2D eigenvalue weighted by Gasteiger charge is -2.19. The summed E-state index contributed by atoms with van der Waals surface area (Å²) in [6.45, 7) is -0.303. The van der Waals surface area contributed by atoms with Crippen molar-refractivity contribution in [3.05, 3.63) is 52.0 Å². The molecule has 0 aliphatic carbocycles. The molecule has 1 N–H and O–H groups in total. The van der Waals surface area contributed by atoms with Crippen LogP contribution in [-0.2, 0) is 19.1 Å². The Morgan fingerprint density at radius 1 is 1.28 bits per heavy atom. The minimum Gasteiger partial charge on any atom is -0.495 e. The molecule has 0 radical (unpaired) electrons. The number of para-hydroxylation sites is 2.